The van der Waals surface area contributed by atoms with Crippen LogP contribution < -0.4 is 5.73 Å². The minimum Gasteiger partial charge on any atom is -0.481 e. The second-order valence-corrected chi connectivity index (χ2v) is 3.77. The number of halogens is 3. The highest BCUT2D eigenvalue weighted by molar-refractivity contribution is 5.73. The molecule has 0 rings (SSSR count). The van der Waals surface area contributed by atoms with Gasteiger partial charge >= 0.3 is 18.1 Å². The second kappa shape index (κ2) is 9.56. The van der Waals surface area contributed by atoms with Crippen LogP contribution in [0.15, 0.2) is 0 Å². The van der Waals surface area contributed by atoms with Crippen molar-refractivity contribution in [3.05, 3.63) is 0 Å². The lowest BCUT2D eigenvalue weighted by atomic mass is 9.97. The van der Waals surface area contributed by atoms with Crippen molar-refractivity contribution in [2.75, 3.05) is 19.8 Å². The van der Waals surface area contributed by atoms with E-state index in [2.05, 4.69) is 0 Å². The Bertz CT molecular complexity index is 283. The molecular formula is C10H18F3NO5. The van der Waals surface area contributed by atoms with Gasteiger partial charge in [-0.25, -0.2) is 4.79 Å². The molecule has 19 heavy (non-hydrogen) atoms. The predicted octanol–water partition coefficient (Wildman–Crippen LogP) is 0.952. The van der Waals surface area contributed by atoms with E-state index < -0.39 is 18.1 Å². The number of alkyl halides is 3. The van der Waals surface area contributed by atoms with E-state index in [1.807, 2.05) is 6.92 Å². The summed E-state index contributed by atoms with van der Waals surface area (Å²) in [4.78, 5) is 19.4. The van der Waals surface area contributed by atoms with Crippen LogP contribution in [0.25, 0.3) is 0 Å². The molecule has 0 aliphatic carbocycles. The van der Waals surface area contributed by atoms with Crippen LogP contribution in [0.1, 0.15) is 13.8 Å². The summed E-state index contributed by atoms with van der Waals surface area (Å²) in [5, 5.41) is 15.8. The van der Waals surface area contributed by atoms with Gasteiger partial charge < -0.3 is 20.7 Å². The molecule has 0 saturated carbocycles. The molecule has 0 aliphatic rings. The minimum atomic E-state index is -5.08. The number of carboxylic acids is 2. The van der Waals surface area contributed by atoms with E-state index >= 15 is 0 Å². The van der Waals surface area contributed by atoms with Crippen LogP contribution in [0, 0.1) is 11.8 Å². The number of ether oxygens (including phenoxy) is 1. The summed E-state index contributed by atoms with van der Waals surface area (Å²) in [6.45, 7) is 4.98. The van der Waals surface area contributed by atoms with Gasteiger partial charge in [-0.3, -0.25) is 4.79 Å². The number of hydrogen-bond acceptors (Lipinski definition) is 4. The molecular weight excluding hydrogens is 271 g/mol. The van der Waals surface area contributed by atoms with Crippen LogP contribution in [0.4, 0.5) is 13.2 Å². The third kappa shape index (κ3) is 11.5. The highest BCUT2D eigenvalue weighted by atomic mass is 19.4. The quantitative estimate of drug-likeness (QED) is 0.628. The van der Waals surface area contributed by atoms with Crippen molar-refractivity contribution >= 4 is 11.9 Å². The molecule has 0 spiro atoms. The predicted molar refractivity (Wildman–Crippen MR) is 59.5 cm³/mol. The molecule has 0 aliphatic heterocycles. The fraction of sp³-hybridized carbons (Fsp3) is 0.800. The lowest BCUT2D eigenvalue weighted by Gasteiger charge is -2.15. The molecule has 0 aromatic carbocycles. The van der Waals surface area contributed by atoms with E-state index in [0.29, 0.717) is 19.8 Å². The second-order valence-electron chi connectivity index (χ2n) is 3.77. The number of nitrogens with two attached hydrogens (primary N) is 1. The molecule has 0 aromatic heterocycles. The smallest absolute Gasteiger partial charge is 0.481 e. The lowest BCUT2D eigenvalue weighted by Crippen LogP contribution is -2.23. The maximum atomic E-state index is 10.6. The molecule has 0 aromatic rings. The summed E-state index contributed by atoms with van der Waals surface area (Å²) >= 11 is 0. The average molecular weight is 289 g/mol. The molecule has 0 radical (unpaired) electrons. The van der Waals surface area contributed by atoms with E-state index in [0.717, 1.165) is 0 Å². The van der Waals surface area contributed by atoms with Crippen molar-refractivity contribution in [2.24, 2.45) is 17.6 Å². The van der Waals surface area contributed by atoms with Gasteiger partial charge in [0.25, 0.3) is 0 Å². The first-order valence-corrected chi connectivity index (χ1v) is 5.34. The third-order valence-electron chi connectivity index (χ3n) is 2.13. The molecule has 2 atom stereocenters. The van der Waals surface area contributed by atoms with Gasteiger partial charge in [-0.15, -0.1) is 0 Å². The van der Waals surface area contributed by atoms with Crippen molar-refractivity contribution in [3.63, 3.8) is 0 Å². The third-order valence-corrected chi connectivity index (χ3v) is 2.13. The largest absolute Gasteiger partial charge is 0.490 e. The van der Waals surface area contributed by atoms with E-state index in [4.69, 9.17) is 25.5 Å². The van der Waals surface area contributed by atoms with Gasteiger partial charge in [0, 0.05) is 13.2 Å². The zero-order valence-corrected chi connectivity index (χ0v) is 10.6. The molecule has 0 bridgehead atoms. The Hall–Kier alpha value is -1.35. The Balaban J connectivity index is 0. The number of hydrogen-bond donors (Lipinski definition) is 3. The van der Waals surface area contributed by atoms with Gasteiger partial charge in [-0.05, 0) is 5.92 Å². The van der Waals surface area contributed by atoms with Crippen LogP contribution >= 0.6 is 0 Å². The molecule has 4 N–H and O–H groups in total. The fourth-order valence-corrected chi connectivity index (χ4v) is 0.740. The highest BCUT2D eigenvalue weighted by Gasteiger charge is 2.38. The lowest BCUT2D eigenvalue weighted by molar-refractivity contribution is -0.192. The summed E-state index contributed by atoms with van der Waals surface area (Å²) in [7, 11) is 0. The minimum absolute atomic E-state index is 0.0362. The van der Waals surface area contributed by atoms with Crippen LogP contribution in [0.2, 0.25) is 0 Å². The molecule has 6 nitrogen and oxygen atoms in total. The summed E-state index contributed by atoms with van der Waals surface area (Å²) in [6.07, 6.45) is -5.08. The molecule has 9 heteroatoms. The first kappa shape index (κ1) is 20.0. The zero-order valence-electron chi connectivity index (χ0n) is 10.6. The maximum Gasteiger partial charge on any atom is 0.490 e. The van der Waals surface area contributed by atoms with Crippen LogP contribution in [-0.4, -0.2) is 48.1 Å². The first-order valence-electron chi connectivity index (χ1n) is 5.34. The molecule has 2 unspecified atom stereocenters. The van der Waals surface area contributed by atoms with Crippen molar-refractivity contribution in [1.29, 1.82) is 0 Å². The summed E-state index contributed by atoms with van der Waals surface area (Å²) in [5.74, 6) is -3.86. The first-order chi connectivity index (χ1) is 8.53. The molecule has 0 heterocycles. The van der Waals surface area contributed by atoms with E-state index in [9.17, 15) is 18.0 Å². The standard InChI is InChI=1S/C8H17NO3.C2HF3O2/c1-6(5-12-4-3-9)7(2)8(10)11;3-2(4,5)1(6)7/h6-7H,3-5,9H2,1-2H3,(H,10,11);(H,6,7). The number of carboxylic acid groups (broad SMARTS) is 2. The van der Waals surface area contributed by atoms with Crippen molar-refractivity contribution in [1.82, 2.24) is 0 Å². The number of rotatable bonds is 6. The average Bonchev–Trinajstić information content (AvgIpc) is 2.27. The maximum absolute atomic E-state index is 10.6. The summed E-state index contributed by atoms with van der Waals surface area (Å²) < 4.78 is 36.9. The van der Waals surface area contributed by atoms with Crippen LogP contribution in [-0.2, 0) is 14.3 Å². The highest BCUT2D eigenvalue weighted by Crippen LogP contribution is 2.13. The Labute approximate surface area is 108 Å². The molecule has 0 amide bonds. The Kier molecular flexibility index (Phi) is 10.1. The Morgan fingerprint density at radius 2 is 1.68 bits per heavy atom. The fourth-order valence-electron chi connectivity index (χ4n) is 0.740. The van der Waals surface area contributed by atoms with E-state index in [-0.39, 0.29) is 11.8 Å². The monoisotopic (exact) mass is 289 g/mol. The van der Waals surface area contributed by atoms with Gasteiger partial charge in [0.2, 0.25) is 0 Å². The Morgan fingerprint density at radius 3 is 1.95 bits per heavy atom. The number of aliphatic carboxylic acids is 2. The normalized spacial score (nSPS) is 14.0. The topological polar surface area (TPSA) is 110 Å². The van der Waals surface area contributed by atoms with Gasteiger partial charge in [0.05, 0.1) is 12.5 Å². The van der Waals surface area contributed by atoms with Gasteiger partial charge in [-0.1, -0.05) is 13.8 Å². The zero-order chi connectivity index (χ0) is 15.6. The Morgan fingerprint density at radius 1 is 1.26 bits per heavy atom. The van der Waals surface area contributed by atoms with Gasteiger partial charge in [-0.2, -0.15) is 13.2 Å². The number of carbonyl (C=O) groups is 2. The summed E-state index contributed by atoms with van der Waals surface area (Å²) in [5.41, 5.74) is 5.21. The van der Waals surface area contributed by atoms with Crippen molar-refractivity contribution in [3.8, 4) is 0 Å². The van der Waals surface area contributed by atoms with Gasteiger partial charge in [0.1, 0.15) is 0 Å². The van der Waals surface area contributed by atoms with Crippen molar-refractivity contribution < 1.29 is 37.7 Å². The van der Waals surface area contributed by atoms with E-state index in [1.54, 1.807) is 6.92 Å². The summed E-state index contributed by atoms with van der Waals surface area (Å²) in [6, 6.07) is 0. The van der Waals surface area contributed by atoms with E-state index in [1.165, 1.54) is 0 Å². The van der Waals surface area contributed by atoms with Crippen molar-refractivity contribution in [2.45, 2.75) is 20.0 Å². The van der Waals surface area contributed by atoms with Crippen LogP contribution in [0.5, 0.6) is 0 Å². The molecule has 0 fully saturated rings. The molecule has 114 valence electrons. The van der Waals surface area contributed by atoms with Gasteiger partial charge in [0.15, 0.2) is 0 Å². The van der Waals surface area contributed by atoms with Crippen LogP contribution in [0.3, 0.4) is 0 Å². The molecule has 0 saturated heterocycles. The SMILES string of the molecule is CC(COCCN)C(C)C(=O)O.O=C(O)C(F)(F)F.